The number of nitrogens with two attached hydrogens (primary N) is 1. The molecule has 0 bridgehead atoms. The Morgan fingerprint density at radius 3 is 2.90 bits per heavy atom. The molecular weight excluding hydrogens is 252 g/mol. The van der Waals surface area contributed by atoms with Gasteiger partial charge >= 0.3 is 0 Å². The SMILES string of the molecule is CCc1nc(C=C2C(=O)Nc3cc(N)ccc32)c(C)[nH]1. The number of nitrogens with one attached hydrogen (secondary N) is 2. The maximum absolute atomic E-state index is 12.1. The molecule has 5 heteroatoms. The molecule has 5 nitrogen and oxygen atoms in total. The third-order valence-corrected chi connectivity index (χ3v) is 3.41. The van der Waals surface area contributed by atoms with Crippen LogP contribution in [0.4, 0.5) is 11.4 Å². The number of aromatic amines is 1. The number of imidazole rings is 1. The number of anilines is 2. The van der Waals surface area contributed by atoms with Crippen LogP contribution in [0.3, 0.4) is 0 Å². The molecule has 3 rings (SSSR count). The van der Waals surface area contributed by atoms with E-state index in [1.165, 1.54) is 0 Å². The quantitative estimate of drug-likeness (QED) is 0.577. The standard InChI is InChI=1S/C15H16N4O/c1-3-14-17-8(2)12(18-14)7-11-10-5-4-9(16)6-13(10)19-15(11)20/h4-7H,3,16H2,1-2H3,(H,17,18)(H,19,20). The Hall–Kier alpha value is -2.56. The second-order valence-corrected chi connectivity index (χ2v) is 4.86. The molecule has 0 fully saturated rings. The highest BCUT2D eigenvalue weighted by atomic mass is 16.2. The number of nitrogen functional groups attached to an aromatic ring is 1. The summed E-state index contributed by atoms with van der Waals surface area (Å²) in [6, 6.07) is 5.42. The molecule has 0 atom stereocenters. The van der Waals surface area contributed by atoms with Crippen molar-refractivity contribution in [1.29, 1.82) is 0 Å². The Morgan fingerprint density at radius 1 is 1.40 bits per heavy atom. The van der Waals surface area contributed by atoms with Crippen molar-refractivity contribution >= 4 is 28.9 Å². The van der Waals surface area contributed by atoms with Crippen LogP contribution in [-0.2, 0) is 11.2 Å². The van der Waals surface area contributed by atoms with Gasteiger partial charge in [0.1, 0.15) is 5.82 Å². The minimum Gasteiger partial charge on any atom is -0.399 e. The van der Waals surface area contributed by atoms with E-state index in [1.807, 2.05) is 26.0 Å². The van der Waals surface area contributed by atoms with Gasteiger partial charge in [-0.2, -0.15) is 0 Å². The maximum Gasteiger partial charge on any atom is 0.256 e. The van der Waals surface area contributed by atoms with Crippen LogP contribution in [0.1, 0.15) is 29.7 Å². The maximum atomic E-state index is 12.1. The van der Waals surface area contributed by atoms with E-state index in [4.69, 9.17) is 5.73 Å². The van der Waals surface area contributed by atoms with Crippen molar-refractivity contribution in [2.24, 2.45) is 0 Å². The van der Waals surface area contributed by atoms with Crippen LogP contribution in [0.25, 0.3) is 11.6 Å². The molecular formula is C15H16N4O. The number of nitrogens with zero attached hydrogens (tertiary/aromatic N) is 1. The van der Waals surface area contributed by atoms with Gasteiger partial charge in [-0.3, -0.25) is 4.79 Å². The second kappa shape index (κ2) is 4.52. The van der Waals surface area contributed by atoms with Gasteiger partial charge in [-0.1, -0.05) is 13.0 Å². The lowest BCUT2D eigenvalue weighted by atomic mass is 10.1. The van der Waals surface area contributed by atoms with E-state index in [9.17, 15) is 4.79 Å². The molecule has 1 aromatic carbocycles. The van der Waals surface area contributed by atoms with E-state index in [0.29, 0.717) is 11.3 Å². The van der Waals surface area contributed by atoms with E-state index in [0.717, 1.165) is 34.9 Å². The monoisotopic (exact) mass is 268 g/mol. The Labute approximate surface area is 116 Å². The van der Waals surface area contributed by atoms with E-state index in [2.05, 4.69) is 15.3 Å². The first-order chi connectivity index (χ1) is 9.58. The van der Waals surface area contributed by atoms with E-state index < -0.39 is 0 Å². The van der Waals surface area contributed by atoms with Crippen molar-refractivity contribution in [3.05, 3.63) is 41.0 Å². The Kier molecular flexibility index (Phi) is 2.82. The molecule has 0 spiro atoms. The van der Waals surface area contributed by atoms with Gasteiger partial charge in [0.05, 0.1) is 17.0 Å². The summed E-state index contributed by atoms with van der Waals surface area (Å²) in [5.41, 5.74) is 10.4. The smallest absolute Gasteiger partial charge is 0.256 e. The van der Waals surface area contributed by atoms with Gasteiger partial charge in [0, 0.05) is 23.4 Å². The third kappa shape index (κ3) is 1.97. The van der Waals surface area contributed by atoms with Crippen LogP contribution in [0.5, 0.6) is 0 Å². The van der Waals surface area contributed by atoms with Gasteiger partial charge in [0.25, 0.3) is 5.91 Å². The molecule has 1 amide bonds. The summed E-state index contributed by atoms with van der Waals surface area (Å²) in [6.07, 6.45) is 2.66. The number of carbonyl (C=O) groups excluding carboxylic acids is 1. The van der Waals surface area contributed by atoms with Gasteiger partial charge in [-0.25, -0.2) is 4.98 Å². The number of hydrogen-bond acceptors (Lipinski definition) is 3. The van der Waals surface area contributed by atoms with Crippen LogP contribution < -0.4 is 11.1 Å². The zero-order valence-electron chi connectivity index (χ0n) is 11.4. The summed E-state index contributed by atoms with van der Waals surface area (Å²) in [6.45, 7) is 3.99. The number of benzene rings is 1. The number of aryl methyl sites for hydroxylation is 2. The van der Waals surface area contributed by atoms with Gasteiger partial charge in [0.2, 0.25) is 0 Å². The molecule has 0 saturated carbocycles. The molecule has 0 saturated heterocycles. The number of aromatic nitrogens is 2. The molecule has 0 radical (unpaired) electrons. The fourth-order valence-corrected chi connectivity index (χ4v) is 2.34. The van der Waals surface area contributed by atoms with Crippen molar-refractivity contribution in [3.8, 4) is 0 Å². The number of rotatable bonds is 2. The Morgan fingerprint density at radius 2 is 2.20 bits per heavy atom. The molecule has 1 aromatic heterocycles. The predicted molar refractivity (Wildman–Crippen MR) is 80.1 cm³/mol. The van der Waals surface area contributed by atoms with Crippen molar-refractivity contribution < 1.29 is 4.79 Å². The second-order valence-electron chi connectivity index (χ2n) is 4.86. The Bertz CT molecular complexity index is 727. The van der Waals surface area contributed by atoms with Crippen LogP contribution in [-0.4, -0.2) is 15.9 Å². The summed E-state index contributed by atoms with van der Waals surface area (Å²) in [5, 5.41) is 2.82. The van der Waals surface area contributed by atoms with Crippen molar-refractivity contribution in [3.63, 3.8) is 0 Å². The molecule has 20 heavy (non-hydrogen) atoms. The summed E-state index contributed by atoms with van der Waals surface area (Å²) in [5.74, 6) is 0.802. The molecule has 4 N–H and O–H groups in total. The zero-order valence-corrected chi connectivity index (χ0v) is 11.4. The average Bonchev–Trinajstić information content (AvgIpc) is 2.91. The highest BCUT2D eigenvalue weighted by Gasteiger charge is 2.24. The third-order valence-electron chi connectivity index (χ3n) is 3.41. The minimum absolute atomic E-state index is 0.119. The van der Waals surface area contributed by atoms with E-state index >= 15 is 0 Å². The van der Waals surface area contributed by atoms with E-state index in [1.54, 1.807) is 12.1 Å². The summed E-state index contributed by atoms with van der Waals surface area (Å²) < 4.78 is 0. The van der Waals surface area contributed by atoms with Gasteiger partial charge in [-0.05, 0) is 25.1 Å². The fourth-order valence-electron chi connectivity index (χ4n) is 2.34. The van der Waals surface area contributed by atoms with Crippen LogP contribution >= 0.6 is 0 Å². The molecule has 2 heterocycles. The topological polar surface area (TPSA) is 83.8 Å². The normalized spacial score (nSPS) is 15.5. The molecule has 2 aromatic rings. The number of carbonyl (C=O) groups is 1. The average molecular weight is 268 g/mol. The number of fused-ring (bicyclic) bond motifs is 1. The summed E-state index contributed by atoms with van der Waals surface area (Å²) in [4.78, 5) is 19.8. The summed E-state index contributed by atoms with van der Waals surface area (Å²) >= 11 is 0. The molecule has 0 unspecified atom stereocenters. The van der Waals surface area contributed by atoms with Crippen LogP contribution in [0.15, 0.2) is 18.2 Å². The predicted octanol–water partition coefficient (Wildman–Crippen LogP) is 2.36. The first-order valence-corrected chi connectivity index (χ1v) is 6.57. The highest BCUT2D eigenvalue weighted by molar-refractivity contribution is 6.35. The molecule has 0 aliphatic carbocycles. The van der Waals surface area contributed by atoms with Crippen molar-refractivity contribution in [2.45, 2.75) is 20.3 Å². The van der Waals surface area contributed by atoms with Gasteiger partial charge < -0.3 is 16.0 Å². The lowest BCUT2D eigenvalue weighted by molar-refractivity contribution is -0.110. The summed E-state index contributed by atoms with van der Waals surface area (Å²) in [7, 11) is 0. The molecule has 1 aliphatic heterocycles. The minimum atomic E-state index is -0.119. The number of H-pyrrole nitrogens is 1. The van der Waals surface area contributed by atoms with Crippen molar-refractivity contribution in [2.75, 3.05) is 11.1 Å². The lowest BCUT2D eigenvalue weighted by Gasteiger charge is -1.99. The van der Waals surface area contributed by atoms with Crippen LogP contribution in [0.2, 0.25) is 0 Å². The van der Waals surface area contributed by atoms with E-state index in [-0.39, 0.29) is 5.91 Å². The van der Waals surface area contributed by atoms with Crippen LogP contribution in [0, 0.1) is 6.92 Å². The van der Waals surface area contributed by atoms with Gasteiger partial charge in [0.15, 0.2) is 0 Å². The largest absolute Gasteiger partial charge is 0.399 e. The van der Waals surface area contributed by atoms with Crippen molar-refractivity contribution in [1.82, 2.24) is 9.97 Å². The molecule has 1 aliphatic rings. The van der Waals surface area contributed by atoms with Gasteiger partial charge in [-0.15, -0.1) is 0 Å². The lowest BCUT2D eigenvalue weighted by Crippen LogP contribution is -2.03. The zero-order chi connectivity index (χ0) is 14.3. The first-order valence-electron chi connectivity index (χ1n) is 6.57. The number of hydrogen-bond donors (Lipinski definition) is 3. The highest BCUT2D eigenvalue weighted by Crippen LogP contribution is 2.34. The molecule has 102 valence electrons. The number of amides is 1. The Balaban J connectivity index is 2.08. The fraction of sp³-hybridized carbons (Fsp3) is 0.200. The first kappa shape index (κ1) is 12.5.